The van der Waals surface area contributed by atoms with Gasteiger partial charge < -0.3 is 30.7 Å². The Hall–Kier alpha value is -1.19. The second-order valence-electron chi connectivity index (χ2n) is 6.35. The maximum Gasteiger partial charge on any atom is 0.159 e. The van der Waals surface area contributed by atoms with Crippen LogP contribution in [-0.2, 0) is 9.47 Å². The maximum atomic E-state index is 8.74. The van der Waals surface area contributed by atoms with Crippen LogP contribution in [-0.4, -0.2) is 58.4 Å². The second-order valence-corrected chi connectivity index (χ2v) is 6.70. The van der Waals surface area contributed by atoms with Gasteiger partial charge in [0.05, 0.1) is 19.3 Å². The van der Waals surface area contributed by atoms with E-state index in [-0.39, 0.29) is 23.9 Å². The van der Waals surface area contributed by atoms with Crippen molar-refractivity contribution in [1.29, 1.82) is 0 Å². The molecule has 0 saturated heterocycles. The monoisotopic (exact) mass is 376 g/mol. The largest absolute Gasteiger partial charge is 0.394 e. The lowest BCUT2D eigenvalue weighted by Gasteiger charge is -2.16. The number of hydrogen-bond donors (Lipinski definition) is 4. The van der Waals surface area contributed by atoms with Gasteiger partial charge in [-0.15, -0.1) is 0 Å². The zero-order valence-electron chi connectivity index (χ0n) is 15.3. The molecular formula is C16H29ClN4O4. The molecule has 1 fully saturated rings. The summed E-state index contributed by atoms with van der Waals surface area (Å²) in [5.41, 5.74) is 6.24. The minimum absolute atomic E-state index is 0.0578. The van der Waals surface area contributed by atoms with Crippen LogP contribution >= 0.6 is 11.6 Å². The molecule has 1 aliphatic carbocycles. The molecule has 1 aromatic heterocycles. The molecule has 8 nitrogen and oxygen atoms in total. The van der Waals surface area contributed by atoms with Crippen molar-refractivity contribution in [2.45, 2.75) is 58.0 Å². The van der Waals surface area contributed by atoms with Crippen LogP contribution < -0.4 is 11.1 Å². The van der Waals surface area contributed by atoms with Gasteiger partial charge in [-0.2, -0.15) is 0 Å². The van der Waals surface area contributed by atoms with Crippen LogP contribution in [0.2, 0.25) is 5.15 Å². The summed E-state index contributed by atoms with van der Waals surface area (Å²) in [7, 11) is 1.46. The average Bonchev–Trinajstić information content (AvgIpc) is 2.97. The first-order valence-corrected chi connectivity index (χ1v) is 8.60. The molecule has 0 amide bonds. The Morgan fingerprint density at radius 2 is 2.00 bits per heavy atom. The summed E-state index contributed by atoms with van der Waals surface area (Å²) < 4.78 is 10.0. The van der Waals surface area contributed by atoms with E-state index in [1.54, 1.807) is 20.8 Å². The Bertz CT molecular complexity index is 540. The zero-order valence-corrected chi connectivity index (χ0v) is 16.0. The number of nitrogens with two attached hydrogens (primary N) is 1. The first-order valence-electron chi connectivity index (χ1n) is 8.22. The number of nitrogen functional groups attached to an aromatic ring is 1. The van der Waals surface area contributed by atoms with Crippen molar-refractivity contribution in [3.05, 3.63) is 11.0 Å². The lowest BCUT2D eigenvalue weighted by atomic mass is 10.2. The Morgan fingerprint density at radius 3 is 2.56 bits per heavy atom. The summed E-state index contributed by atoms with van der Waals surface area (Å²) in [5.74, 6) is 0.220. The van der Waals surface area contributed by atoms with Crippen LogP contribution in [0.5, 0.6) is 0 Å². The molecule has 2 atom stereocenters. The fraction of sp³-hybridized carbons (Fsp3) is 0.750. The molecule has 5 N–H and O–H groups in total. The number of methoxy groups -OCH3 is 1. The predicted octanol–water partition coefficient (Wildman–Crippen LogP) is 1.72. The van der Waals surface area contributed by atoms with Crippen molar-refractivity contribution >= 4 is 23.1 Å². The molecule has 9 heteroatoms. The van der Waals surface area contributed by atoms with Crippen LogP contribution in [0.3, 0.4) is 0 Å². The zero-order chi connectivity index (χ0) is 19.0. The van der Waals surface area contributed by atoms with Gasteiger partial charge in [0, 0.05) is 13.2 Å². The number of aromatic nitrogens is 2. The SMILES string of the molecule is COC(C)(C)O.Cc1nc(Cl)c(N)c(NC2CCC(OCCO)C2)n1. The normalized spacial score (nSPS) is 20.1. The first kappa shape index (κ1) is 21.9. The molecular weight excluding hydrogens is 348 g/mol. The highest BCUT2D eigenvalue weighted by molar-refractivity contribution is 6.32. The number of hydrogen-bond acceptors (Lipinski definition) is 8. The smallest absolute Gasteiger partial charge is 0.159 e. The van der Waals surface area contributed by atoms with Crippen LogP contribution in [0.25, 0.3) is 0 Å². The van der Waals surface area contributed by atoms with Crippen LogP contribution in [0.1, 0.15) is 38.9 Å². The van der Waals surface area contributed by atoms with E-state index in [1.165, 1.54) is 7.11 Å². The molecule has 0 radical (unpaired) electrons. The van der Waals surface area contributed by atoms with E-state index in [4.69, 9.17) is 32.3 Å². The number of nitrogens with one attached hydrogen (secondary N) is 1. The average molecular weight is 377 g/mol. The number of ether oxygens (including phenoxy) is 2. The van der Waals surface area contributed by atoms with Gasteiger partial charge in [-0.3, -0.25) is 0 Å². The Balaban J connectivity index is 0.000000450. The molecule has 0 aliphatic heterocycles. The van der Waals surface area contributed by atoms with Crippen molar-refractivity contribution in [3.63, 3.8) is 0 Å². The van der Waals surface area contributed by atoms with E-state index in [2.05, 4.69) is 20.0 Å². The van der Waals surface area contributed by atoms with Crippen molar-refractivity contribution in [2.24, 2.45) is 0 Å². The van der Waals surface area contributed by atoms with Gasteiger partial charge in [0.15, 0.2) is 16.8 Å². The Morgan fingerprint density at radius 1 is 1.36 bits per heavy atom. The number of aryl methyl sites for hydroxylation is 1. The number of aliphatic hydroxyl groups is 2. The van der Waals surface area contributed by atoms with Gasteiger partial charge in [0.25, 0.3) is 0 Å². The number of anilines is 2. The topological polar surface area (TPSA) is 123 Å². The Kier molecular flexibility index (Phi) is 8.81. The van der Waals surface area contributed by atoms with Gasteiger partial charge in [0.1, 0.15) is 11.5 Å². The molecule has 2 unspecified atom stereocenters. The fourth-order valence-electron chi connectivity index (χ4n) is 2.29. The second kappa shape index (κ2) is 10.1. The number of rotatable bonds is 6. The van der Waals surface area contributed by atoms with E-state index >= 15 is 0 Å². The molecule has 144 valence electrons. The molecule has 1 aliphatic rings. The van der Waals surface area contributed by atoms with Crippen molar-refractivity contribution < 1.29 is 19.7 Å². The van der Waals surface area contributed by atoms with E-state index in [0.717, 1.165) is 19.3 Å². The van der Waals surface area contributed by atoms with Crippen LogP contribution in [0, 0.1) is 6.92 Å². The van der Waals surface area contributed by atoms with Crippen LogP contribution in [0.4, 0.5) is 11.5 Å². The van der Waals surface area contributed by atoms with E-state index in [1.807, 2.05) is 0 Å². The van der Waals surface area contributed by atoms with Gasteiger partial charge in [-0.25, -0.2) is 9.97 Å². The third-order valence-corrected chi connectivity index (χ3v) is 3.97. The molecule has 0 aromatic carbocycles. The molecule has 25 heavy (non-hydrogen) atoms. The van der Waals surface area contributed by atoms with Crippen molar-refractivity contribution in [2.75, 3.05) is 31.4 Å². The minimum atomic E-state index is -0.958. The van der Waals surface area contributed by atoms with Gasteiger partial charge in [-0.05, 0) is 40.0 Å². The molecule has 0 bridgehead atoms. The highest BCUT2D eigenvalue weighted by Crippen LogP contribution is 2.29. The maximum absolute atomic E-state index is 8.74. The van der Waals surface area contributed by atoms with Crippen molar-refractivity contribution in [3.8, 4) is 0 Å². The molecule has 1 aromatic rings. The Labute approximate surface area is 153 Å². The van der Waals surface area contributed by atoms with Gasteiger partial charge in [-0.1, -0.05) is 11.6 Å². The predicted molar refractivity (Wildman–Crippen MR) is 97.6 cm³/mol. The lowest BCUT2D eigenvalue weighted by molar-refractivity contribution is -0.155. The molecule has 0 spiro atoms. The lowest BCUT2D eigenvalue weighted by Crippen LogP contribution is -2.20. The third-order valence-electron chi connectivity index (χ3n) is 3.68. The first-order chi connectivity index (χ1) is 11.7. The quantitative estimate of drug-likeness (QED) is 0.437. The summed E-state index contributed by atoms with van der Waals surface area (Å²) in [5, 5.41) is 20.9. The van der Waals surface area contributed by atoms with E-state index in [0.29, 0.717) is 23.9 Å². The summed E-state index contributed by atoms with van der Waals surface area (Å²) >= 11 is 5.93. The summed E-state index contributed by atoms with van der Waals surface area (Å²) in [4.78, 5) is 8.27. The van der Waals surface area contributed by atoms with Crippen LogP contribution in [0.15, 0.2) is 0 Å². The van der Waals surface area contributed by atoms with E-state index < -0.39 is 5.79 Å². The summed E-state index contributed by atoms with van der Waals surface area (Å²) in [6.07, 6.45) is 3.01. The fourth-order valence-corrected chi connectivity index (χ4v) is 2.50. The summed E-state index contributed by atoms with van der Waals surface area (Å²) in [6, 6.07) is 0.261. The molecule has 1 heterocycles. The third kappa shape index (κ3) is 8.15. The minimum Gasteiger partial charge on any atom is -0.394 e. The number of nitrogens with zero attached hydrogens (tertiary/aromatic N) is 2. The number of aliphatic hydroxyl groups excluding tert-OH is 1. The summed E-state index contributed by atoms with van der Waals surface area (Å²) in [6.45, 7) is 5.37. The van der Waals surface area contributed by atoms with Crippen molar-refractivity contribution in [1.82, 2.24) is 9.97 Å². The van der Waals surface area contributed by atoms with Gasteiger partial charge >= 0.3 is 0 Å². The van der Waals surface area contributed by atoms with Gasteiger partial charge in [0.2, 0.25) is 0 Å². The molecule has 1 saturated carbocycles. The highest BCUT2D eigenvalue weighted by Gasteiger charge is 2.26. The standard InChI is InChI=1S/C12H19ClN4O2.C4H10O2/c1-7-15-11(13)10(14)12(16-7)17-8-2-3-9(6-8)19-5-4-18;1-4(2,5)6-3/h8-9,18H,2-6,14H2,1H3,(H,15,16,17);5H,1-3H3. The molecule has 2 rings (SSSR count). The highest BCUT2D eigenvalue weighted by atomic mass is 35.5. The number of halogens is 1. The van der Waals surface area contributed by atoms with E-state index in [9.17, 15) is 0 Å².